The average molecular weight is 301 g/mol. The Morgan fingerprint density at radius 3 is 2.64 bits per heavy atom. The van der Waals surface area contributed by atoms with E-state index in [1.807, 2.05) is 0 Å². The molecule has 2 N–H and O–H groups in total. The fraction of sp³-hybridized carbons (Fsp3) is 0.611. The molecule has 2 aliphatic rings. The van der Waals surface area contributed by atoms with Gasteiger partial charge in [-0.05, 0) is 56.8 Å². The van der Waals surface area contributed by atoms with Gasteiger partial charge in [0.1, 0.15) is 0 Å². The fourth-order valence-electron chi connectivity index (χ4n) is 3.47. The van der Waals surface area contributed by atoms with Crippen LogP contribution >= 0.6 is 0 Å². The van der Waals surface area contributed by atoms with Crippen LogP contribution in [0.15, 0.2) is 30.3 Å². The molecule has 2 fully saturated rings. The zero-order valence-electron chi connectivity index (χ0n) is 13.3. The second kappa shape index (κ2) is 7.75. The molecule has 22 heavy (non-hydrogen) atoms. The SMILES string of the molecule is O=C(NCC1CCN(Cc2ccccc2)CC1)[C@@H]1CCCN1. The highest BCUT2D eigenvalue weighted by Gasteiger charge is 2.24. The Hall–Kier alpha value is -1.39. The minimum Gasteiger partial charge on any atom is -0.354 e. The number of hydrogen-bond donors (Lipinski definition) is 2. The molecule has 4 nitrogen and oxygen atoms in total. The Morgan fingerprint density at radius 2 is 1.95 bits per heavy atom. The number of rotatable bonds is 5. The van der Waals surface area contributed by atoms with Crippen LogP contribution in [0.5, 0.6) is 0 Å². The van der Waals surface area contributed by atoms with Crippen molar-refractivity contribution in [3.05, 3.63) is 35.9 Å². The Labute approximate surface area is 133 Å². The minimum atomic E-state index is 0.0539. The summed E-state index contributed by atoms with van der Waals surface area (Å²) in [5.41, 5.74) is 1.39. The number of benzene rings is 1. The Kier molecular flexibility index (Phi) is 5.46. The standard InChI is InChI=1S/C18H27N3O/c22-18(17-7-4-10-19-17)20-13-15-8-11-21(12-9-15)14-16-5-2-1-3-6-16/h1-3,5-6,15,17,19H,4,7-14H2,(H,20,22)/t17-/m0/s1. The first-order valence-electron chi connectivity index (χ1n) is 8.58. The highest BCUT2D eigenvalue weighted by atomic mass is 16.2. The normalized spacial score (nSPS) is 23.5. The number of hydrogen-bond acceptors (Lipinski definition) is 3. The van der Waals surface area contributed by atoms with Crippen molar-refractivity contribution in [2.24, 2.45) is 5.92 Å². The number of piperidine rings is 1. The van der Waals surface area contributed by atoms with Gasteiger partial charge >= 0.3 is 0 Å². The lowest BCUT2D eigenvalue weighted by atomic mass is 9.96. The fourth-order valence-corrected chi connectivity index (χ4v) is 3.47. The van der Waals surface area contributed by atoms with E-state index in [0.29, 0.717) is 5.92 Å². The van der Waals surface area contributed by atoms with Crippen molar-refractivity contribution in [1.29, 1.82) is 0 Å². The molecule has 0 aromatic heterocycles. The summed E-state index contributed by atoms with van der Waals surface area (Å²) in [4.78, 5) is 14.5. The second-order valence-corrected chi connectivity index (χ2v) is 6.60. The molecule has 1 aromatic carbocycles. The van der Waals surface area contributed by atoms with Crippen LogP contribution in [-0.4, -0.2) is 43.0 Å². The van der Waals surface area contributed by atoms with Crippen LogP contribution in [0.2, 0.25) is 0 Å². The third kappa shape index (κ3) is 4.31. The highest BCUT2D eigenvalue weighted by molar-refractivity contribution is 5.81. The first kappa shape index (κ1) is 15.5. The topological polar surface area (TPSA) is 44.4 Å². The van der Waals surface area contributed by atoms with Crippen molar-refractivity contribution < 1.29 is 4.79 Å². The maximum Gasteiger partial charge on any atom is 0.237 e. The number of nitrogens with one attached hydrogen (secondary N) is 2. The Balaban J connectivity index is 1.36. The van der Waals surface area contributed by atoms with Gasteiger partial charge in [-0.15, -0.1) is 0 Å². The van der Waals surface area contributed by atoms with E-state index < -0.39 is 0 Å². The van der Waals surface area contributed by atoms with Gasteiger partial charge in [-0.3, -0.25) is 9.69 Å². The number of likely N-dealkylation sites (tertiary alicyclic amines) is 1. The summed E-state index contributed by atoms with van der Waals surface area (Å²) in [5.74, 6) is 0.835. The minimum absolute atomic E-state index is 0.0539. The molecule has 1 amide bonds. The molecule has 1 aromatic rings. The van der Waals surface area contributed by atoms with Crippen molar-refractivity contribution in [2.75, 3.05) is 26.2 Å². The Bertz CT molecular complexity index is 462. The van der Waals surface area contributed by atoms with Gasteiger partial charge in [-0.1, -0.05) is 30.3 Å². The maximum atomic E-state index is 12.0. The molecule has 0 radical (unpaired) electrons. The summed E-state index contributed by atoms with van der Waals surface area (Å²) in [7, 11) is 0. The van der Waals surface area contributed by atoms with Gasteiger partial charge in [0.05, 0.1) is 6.04 Å². The van der Waals surface area contributed by atoms with Gasteiger partial charge < -0.3 is 10.6 Å². The molecule has 0 spiro atoms. The number of amides is 1. The monoisotopic (exact) mass is 301 g/mol. The molecule has 2 saturated heterocycles. The van der Waals surface area contributed by atoms with E-state index in [0.717, 1.165) is 45.6 Å². The predicted octanol–water partition coefficient (Wildman–Crippen LogP) is 1.77. The molecule has 0 aliphatic carbocycles. The van der Waals surface area contributed by atoms with Gasteiger partial charge in [-0.25, -0.2) is 0 Å². The van der Waals surface area contributed by atoms with Gasteiger partial charge in [0.15, 0.2) is 0 Å². The van der Waals surface area contributed by atoms with E-state index in [-0.39, 0.29) is 11.9 Å². The number of carbonyl (C=O) groups is 1. The maximum absolute atomic E-state index is 12.0. The van der Waals surface area contributed by atoms with Crippen molar-refractivity contribution >= 4 is 5.91 Å². The molecule has 3 rings (SSSR count). The average Bonchev–Trinajstić information content (AvgIpc) is 3.09. The van der Waals surface area contributed by atoms with Crippen LogP contribution in [0, 0.1) is 5.92 Å². The van der Waals surface area contributed by atoms with E-state index in [4.69, 9.17) is 0 Å². The summed E-state index contributed by atoms with van der Waals surface area (Å²) < 4.78 is 0. The van der Waals surface area contributed by atoms with Gasteiger partial charge in [0, 0.05) is 13.1 Å². The largest absolute Gasteiger partial charge is 0.354 e. The summed E-state index contributed by atoms with van der Waals surface area (Å²) >= 11 is 0. The van der Waals surface area contributed by atoms with Crippen molar-refractivity contribution in [3.8, 4) is 0 Å². The molecular formula is C18H27N3O. The van der Waals surface area contributed by atoms with Crippen LogP contribution in [0.1, 0.15) is 31.2 Å². The smallest absolute Gasteiger partial charge is 0.237 e. The van der Waals surface area contributed by atoms with E-state index >= 15 is 0 Å². The van der Waals surface area contributed by atoms with E-state index in [2.05, 4.69) is 45.9 Å². The number of carbonyl (C=O) groups excluding carboxylic acids is 1. The molecule has 0 bridgehead atoms. The zero-order chi connectivity index (χ0) is 15.2. The molecule has 0 unspecified atom stereocenters. The van der Waals surface area contributed by atoms with Crippen molar-refractivity contribution in [1.82, 2.24) is 15.5 Å². The first-order valence-corrected chi connectivity index (χ1v) is 8.58. The van der Waals surface area contributed by atoms with Gasteiger partial charge in [0.25, 0.3) is 0 Å². The van der Waals surface area contributed by atoms with Crippen molar-refractivity contribution in [3.63, 3.8) is 0 Å². The van der Waals surface area contributed by atoms with Crippen LogP contribution in [0.3, 0.4) is 0 Å². The third-order valence-corrected chi connectivity index (χ3v) is 4.90. The second-order valence-electron chi connectivity index (χ2n) is 6.60. The van der Waals surface area contributed by atoms with E-state index in [1.165, 1.54) is 18.4 Å². The molecule has 1 atom stereocenters. The lowest BCUT2D eigenvalue weighted by molar-refractivity contribution is -0.123. The molecular weight excluding hydrogens is 274 g/mol. The lowest BCUT2D eigenvalue weighted by Crippen LogP contribution is -2.44. The van der Waals surface area contributed by atoms with Crippen LogP contribution in [0.4, 0.5) is 0 Å². The van der Waals surface area contributed by atoms with Crippen LogP contribution < -0.4 is 10.6 Å². The molecule has 0 saturated carbocycles. The van der Waals surface area contributed by atoms with Gasteiger partial charge in [0.2, 0.25) is 5.91 Å². The van der Waals surface area contributed by atoms with Crippen LogP contribution in [-0.2, 0) is 11.3 Å². The lowest BCUT2D eigenvalue weighted by Gasteiger charge is -2.32. The molecule has 4 heteroatoms. The molecule has 2 heterocycles. The summed E-state index contributed by atoms with van der Waals surface area (Å²) in [5, 5.41) is 6.40. The number of nitrogens with zero attached hydrogens (tertiary/aromatic N) is 1. The first-order chi connectivity index (χ1) is 10.8. The van der Waals surface area contributed by atoms with Crippen LogP contribution in [0.25, 0.3) is 0 Å². The van der Waals surface area contributed by atoms with Crippen molar-refractivity contribution in [2.45, 2.75) is 38.3 Å². The van der Waals surface area contributed by atoms with E-state index in [9.17, 15) is 4.79 Å². The summed E-state index contributed by atoms with van der Waals surface area (Å²) in [6.45, 7) is 5.15. The predicted molar refractivity (Wildman–Crippen MR) is 88.5 cm³/mol. The van der Waals surface area contributed by atoms with Gasteiger partial charge in [-0.2, -0.15) is 0 Å². The third-order valence-electron chi connectivity index (χ3n) is 4.90. The molecule has 120 valence electrons. The van der Waals surface area contributed by atoms with E-state index in [1.54, 1.807) is 0 Å². The summed E-state index contributed by atoms with van der Waals surface area (Å²) in [6.07, 6.45) is 4.48. The highest BCUT2D eigenvalue weighted by Crippen LogP contribution is 2.18. The Morgan fingerprint density at radius 1 is 1.18 bits per heavy atom. The summed E-state index contributed by atoms with van der Waals surface area (Å²) in [6, 6.07) is 10.7. The quantitative estimate of drug-likeness (QED) is 0.871. The zero-order valence-corrected chi connectivity index (χ0v) is 13.3. The molecule has 2 aliphatic heterocycles.